The molecule has 1 saturated heterocycles. The fraction of sp³-hybridized carbons (Fsp3) is 0.278. The highest BCUT2D eigenvalue weighted by molar-refractivity contribution is 8.18. The van der Waals surface area contributed by atoms with E-state index in [0.717, 1.165) is 35.2 Å². The van der Waals surface area contributed by atoms with Crippen molar-refractivity contribution in [2.75, 3.05) is 32.5 Å². The van der Waals surface area contributed by atoms with Gasteiger partial charge in [-0.15, -0.1) is 0 Å². The lowest BCUT2D eigenvalue weighted by molar-refractivity contribution is -0.115. The third-order valence-corrected chi connectivity index (χ3v) is 5.30. The Morgan fingerprint density at radius 1 is 1.31 bits per heavy atom. The van der Waals surface area contributed by atoms with E-state index in [1.807, 2.05) is 36.4 Å². The first-order chi connectivity index (χ1) is 12.6. The highest BCUT2D eigenvalue weighted by Gasteiger charge is 2.24. The standard InChI is InChI=1S/C18H21N5OS2/c1-23(2)10-6-9-19-17-20-12-14(25-17)11-15-16(24)22-18(26-15)21-13-7-4-3-5-8-13/h3-5,7-8,11-12H,6,9-10H2,1-2H3,(H,19,20)(H,21,22,24)/b15-11-. The van der Waals surface area contributed by atoms with Crippen LogP contribution in [0.1, 0.15) is 11.3 Å². The molecule has 136 valence electrons. The minimum atomic E-state index is -0.126. The molecule has 0 unspecified atom stereocenters. The van der Waals surface area contributed by atoms with Gasteiger partial charge in [-0.25, -0.2) is 9.98 Å². The summed E-state index contributed by atoms with van der Waals surface area (Å²) in [6.45, 7) is 1.92. The van der Waals surface area contributed by atoms with Gasteiger partial charge in [-0.3, -0.25) is 4.79 Å². The van der Waals surface area contributed by atoms with Crippen LogP contribution in [0.4, 0.5) is 10.8 Å². The van der Waals surface area contributed by atoms with E-state index in [1.54, 1.807) is 17.5 Å². The Morgan fingerprint density at radius 2 is 2.12 bits per heavy atom. The van der Waals surface area contributed by atoms with Crippen molar-refractivity contribution in [3.63, 3.8) is 0 Å². The monoisotopic (exact) mass is 387 g/mol. The molecule has 2 N–H and O–H groups in total. The Kier molecular flexibility index (Phi) is 6.43. The number of hydrogen-bond acceptors (Lipinski definition) is 7. The topological polar surface area (TPSA) is 69.6 Å². The normalized spacial score (nSPS) is 17.3. The summed E-state index contributed by atoms with van der Waals surface area (Å²) >= 11 is 2.89. The SMILES string of the molecule is CN(C)CCCNc1ncc(/C=C2\SC(=Nc3ccccc3)NC2=O)s1. The fourth-order valence-corrected chi connectivity index (χ4v) is 3.95. The van der Waals surface area contributed by atoms with Crippen molar-refractivity contribution in [1.29, 1.82) is 0 Å². The maximum atomic E-state index is 12.1. The zero-order chi connectivity index (χ0) is 18.4. The summed E-state index contributed by atoms with van der Waals surface area (Å²) in [6, 6.07) is 9.58. The van der Waals surface area contributed by atoms with Gasteiger partial charge in [0, 0.05) is 12.7 Å². The molecule has 0 saturated carbocycles. The molecular weight excluding hydrogens is 366 g/mol. The van der Waals surface area contributed by atoms with Crippen LogP contribution >= 0.6 is 23.1 Å². The zero-order valence-electron chi connectivity index (χ0n) is 14.7. The number of hydrogen-bond donors (Lipinski definition) is 2. The number of amidine groups is 1. The third-order valence-electron chi connectivity index (χ3n) is 3.49. The molecule has 0 atom stereocenters. The number of carbonyl (C=O) groups excluding carboxylic acids is 1. The largest absolute Gasteiger partial charge is 0.361 e. The molecule has 3 rings (SSSR count). The molecule has 2 aromatic rings. The van der Waals surface area contributed by atoms with E-state index in [2.05, 4.69) is 39.6 Å². The fourth-order valence-electron chi connectivity index (χ4n) is 2.26. The van der Waals surface area contributed by atoms with E-state index in [0.29, 0.717) is 10.1 Å². The minimum Gasteiger partial charge on any atom is -0.361 e. The van der Waals surface area contributed by atoms with Crippen LogP contribution in [0, 0.1) is 0 Å². The third kappa shape index (κ3) is 5.42. The van der Waals surface area contributed by atoms with Gasteiger partial charge in [0.1, 0.15) is 0 Å². The van der Waals surface area contributed by atoms with Gasteiger partial charge in [0.2, 0.25) is 0 Å². The number of amides is 1. The number of thiazole rings is 1. The van der Waals surface area contributed by atoms with E-state index in [1.165, 1.54) is 11.8 Å². The van der Waals surface area contributed by atoms with Crippen LogP contribution in [0.3, 0.4) is 0 Å². The van der Waals surface area contributed by atoms with Crippen LogP contribution in [0.15, 0.2) is 46.4 Å². The number of rotatable bonds is 7. The van der Waals surface area contributed by atoms with Crippen molar-refractivity contribution < 1.29 is 4.79 Å². The van der Waals surface area contributed by atoms with E-state index < -0.39 is 0 Å². The summed E-state index contributed by atoms with van der Waals surface area (Å²) in [5, 5.41) is 7.59. The molecule has 1 fully saturated rings. The Hall–Kier alpha value is -2.16. The van der Waals surface area contributed by atoms with Crippen LogP contribution < -0.4 is 10.6 Å². The van der Waals surface area contributed by atoms with Crippen LogP contribution in [0.2, 0.25) is 0 Å². The quantitative estimate of drug-likeness (QED) is 0.563. The molecule has 1 aliphatic heterocycles. The van der Waals surface area contributed by atoms with Crippen LogP contribution in [-0.2, 0) is 4.79 Å². The molecule has 8 heteroatoms. The predicted octanol–water partition coefficient (Wildman–Crippen LogP) is 3.40. The van der Waals surface area contributed by atoms with E-state index in [4.69, 9.17) is 0 Å². The van der Waals surface area contributed by atoms with E-state index >= 15 is 0 Å². The molecule has 6 nitrogen and oxygen atoms in total. The predicted molar refractivity (Wildman–Crippen MR) is 111 cm³/mol. The lowest BCUT2D eigenvalue weighted by Crippen LogP contribution is -2.19. The van der Waals surface area contributed by atoms with Crippen LogP contribution in [-0.4, -0.2) is 48.1 Å². The van der Waals surface area contributed by atoms with Gasteiger partial charge in [0.15, 0.2) is 10.3 Å². The molecule has 2 heterocycles. The van der Waals surface area contributed by atoms with Crippen molar-refractivity contribution in [3.8, 4) is 0 Å². The average molecular weight is 388 g/mol. The Morgan fingerprint density at radius 3 is 2.88 bits per heavy atom. The summed E-state index contributed by atoms with van der Waals surface area (Å²) < 4.78 is 0. The van der Waals surface area contributed by atoms with Gasteiger partial charge in [-0.05, 0) is 57.0 Å². The van der Waals surface area contributed by atoms with Crippen molar-refractivity contribution in [1.82, 2.24) is 15.2 Å². The maximum absolute atomic E-state index is 12.1. The number of aliphatic imine (C=N–C) groups is 1. The van der Waals surface area contributed by atoms with Gasteiger partial charge in [0.05, 0.1) is 15.5 Å². The summed E-state index contributed by atoms with van der Waals surface area (Å²) in [4.78, 5) is 24.7. The van der Waals surface area contributed by atoms with Gasteiger partial charge in [-0.1, -0.05) is 29.5 Å². The van der Waals surface area contributed by atoms with E-state index in [9.17, 15) is 4.79 Å². The number of thioether (sulfide) groups is 1. The Balaban J connectivity index is 1.60. The first-order valence-electron chi connectivity index (χ1n) is 8.29. The zero-order valence-corrected chi connectivity index (χ0v) is 16.4. The highest BCUT2D eigenvalue weighted by Crippen LogP contribution is 2.30. The Bertz CT molecular complexity index is 814. The van der Waals surface area contributed by atoms with Gasteiger partial charge in [-0.2, -0.15) is 0 Å². The molecule has 1 amide bonds. The first kappa shape index (κ1) is 18.6. The maximum Gasteiger partial charge on any atom is 0.264 e. The molecule has 1 aromatic carbocycles. The Labute approximate surface area is 161 Å². The molecular formula is C18H21N5OS2. The number of anilines is 1. The number of nitrogens with zero attached hydrogens (tertiary/aromatic N) is 3. The second-order valence-corrected chi connectivity index (χ2v) is 8.06. The van der Waals surface area contributed by atoms with Gasteiger partial charge < -0.3 is 15.5 Å². The number of aromatic nitrogens is 1. The smallest absolute Gasteiger partial charge is 0.264 e. The molecule has 0 aliphatic carbocycles. The second-order valence-electron chi connectivity index (χ2n) is 5.97. The molecule has 26 heavy (non-hydrogen) atoms. The molecule has 0 spiro atoms. The number of benzene rings is 1. The lowest BCUT2D eigenvalue weighted by atomic mass is 10.3. The minimum absolute atomic E-state index is 0.126. The molecule has 1 aliphatic rings. The summed E-state index contributed by atoms with van der Waals surface area (Å²) in [5.74, 6) is -0.126. The van der Waals surface area contributed by atoms with Crippen LogP contribution in [0.25, 0.3) is 6.08 Å². The number of para-hydroxylation sites is 1. The van der Waals surface area contributed by atoms with Gasteiger partial charge >= 0.3 is 0 Å². The molecule has 0 bridgehead atoms. The average Bonchev–Trinajstić information content (AvgIpc) is 3.19. The number of nitrogens with one attached hydrogen (secondary N) is 2. The summed E-state index contributed by atoms with van der Waals surface area (Å²) in [7, 11) is 4.13. The summed E-state index contributed by atoms with van der Waals surface area (Å²) in [6.07, 6.45) is 4.70. The van der Waals surface area contributed by atoms with Crippen molar-refractivity contribution in [3.05, 3.63) is 46.3 Å². The lowest BCUT2D eigenvalue weighted by Gasteiger charge is -2.08. The second kappa shape index (κ2) is 8.98. The van der Waals surface area contributed by atoms with Crippen molar-refractivity contribution in [2.24, 2.45) is 4.99 Å². The first-order valence-corrected chi connectivity index (χ1v) is 9.92. The van der Waals surface area contributed by atoms with Crippen molar-refractivity contribution in [2.45, 2.75) is 6.42 Å². The molecule has 0 radical (unpaired) electrons. The van der Waals surface area contributed by atoms with Gasteiger partial charge in [0.25, 0.3) is 5.91 Å². The highest BCUT2D eigenvalue weighted by atomic mass is 32.2. The molecule has 1 aromatic heterocycles. The summed E-state index contributed by atoms with van der Waals surface area (Å²) in [5.41, 5.74) is 0.818. The number of carbonyl (C=O) groups is 1. The van der Waals surface area contributed by atoms with E-state index in [-0.39, 0.29) is 5.91 Å². The van der Waals surface area contributed by atoms with Crippen LogP contribution in [0.5, 0.6) is 0 Å². The van der Waals surface area contributed by atoms with Crippen molar-refractivity contribution >= 4 is 51.1 Å².